The standard InChI is InChI=1S/C8H13F3O3S/c1-3-4-5-6-7(2)14-15(12,13)8(9,10)11/h2-6H2,1H3. The van der Waals surface area contributed by atoms with Gasteiger partial charge in [-0.3, -0.25) is 0 Å². The molecule has 0 saturated carbocycles. The molecule has 0 atom stereocenters. The summed E-state index contributed by atoms with van der Waals surface area (Å²) < 4.78 is 60.3. The van der Waals surface area contributed by atoms with Gasteiger partial charge in [0.2, 0.25) is 0 Å². The van der Waals surface area contributed by atoms with E-state index in [9.17, 15) is 21.6 Å². The van der Waals surface area contributed by atoms with Crippen molar-refractivity contribution in [3.05, 3.63) is 12.3 Å². The summed E-state index contributed by atoms with van der Waals surface area (Å²) in [5, 5.41) is 0. The van der Waals surface area contributed by atoms with Gasteiger partial charge in [0.1, 0.15) is 5.76 Å². The summed E-state index contributed by atoms with van der Waals surface area (Å²) in [4.78, 5) is 0. The van der Waals surface area contributed by atoms with Crippen LogP contribution in [0.2, 0.25) is 0 Å². The van der Waals surface area contributed by atoms with Crippen molar-refractivity contribution in [3.63, 3.8) is 0 Å². The molecule has 7 heteroatoms. The number of hydrogen-bond acceptors (Lipinski definition) is 3. The molecule has 0 aliphatic rings. The Balaban J connectivity index is 4.19. The van der Waals surface area contributed by atoms with E-state index in [2.05, 4.69) is 10.8 Å². The Labute approximate surface area is 87.0 Å². The van der Waals surface area contributed by atoms with E-state index in [0.29, 0.717) is 6.42 Å². The summed E-state index contributed by atoms with van der Waals surface area (Å²) in [7, 11) is -5.53. The van der Waals surface area contributed by atoms with E-state index in [4.69, 9.17) is 0 Å². The highest BCUT2D eigenvalue weighted by molar-refractivity contribution is 7.87. The van der Waals surface area contributed by atoms with Gasteiger partial charge in [0, 0.05) is 6.42 Å². The van der Waals surface area contributed by atoms with Crippen molar-refractivity contribution < 1.29 is 25.8 Å². The van der Waals surface area contributed by atoms with Gasteiger partial charge in [0.25, 0.3) is 0 Å². The SMILES string of the molecule is C=C(CCCCC)OS(=O)(=O)C(F)(F)F. The van der Waals surface area contributed by atoms with Crippen LogP contribution in [0.25, 0.3) is 0 Å². The molecular formula is C8H13F3O3S. The lowest BCUT2D eigenvalue weighted by Gasteiger charge is -2.10. The van der Waals surface area contributed by atoms with E-state index >= 15 is 0 Å². The van der Waals surface area contributed by atoms with Crippen LogP contribution in [0, 0.1) is 0 Å². The minimum Gasteiger partial charge on any atom is -0.381 e. The van der Waals surface area contributed by atoms with Gasteiger partial charge in [-0.05, 0) is 6.42 Å². The van der Waals surface area contributed by atoms with Crippen LogP contribution in [0.5, 0.6) is 0 Å². The Morgan fingerprint density at radius 3 is 2.27 bits per heavy atom. The number of rotatable bonds is 6. The van der Waals surface area contributed by atoms with Crippen molar-refractivity contribution in [1.29, 1.82) is 0 Å². The van der Waals surface area contributed by atoms with Crippen LogP contribution < -0.4 is 0 Å². The molecule has 0 aromatic rings. The molecule has 0 aliphatic heterocycles. The highest BCUT2D eigenvalue weighted by Gasteiger charge is 2.48. The van der Waals surface area contributed by atoms with E-state index in [0.717, 1.165) is 12.8 Å². The van der Waals surface area contributed by atoms with Crippen molar-refractivity contribution in [3.8, 4) is 0 Å². The lowest BCUT2D eigenvalue weighted by Crippen LogP contribution is -2.25. The molecule has 0 amide bonds. The second-order valence-corrected chi connectivity index (χ2v) is 4.52. The van der Waals surface area contributed by atoms with Crippen LogP contribution in [-0.2, 0) is 14.3 Å². The molecule has 0 rings (SSSR count). The van der Waals surface area contributed by atoms with Gasteiger partial charge in [0.15, 0.2) is 0 Å². The average Bonchev–Trinajstić information content (AvgIpc) is 2.01. The third-order valence-corrected chi connectivity index (χ3v) is 2.59. The van der Waals surface area contributed by atoms with E-state index in [1.54, 1.807) is 0 Å². The normalized spacial score (nSPS) is 12.5. The molecular weight excluding hydrogens is 233 g/mol. The highest BCUT2D eigenvalue weighted by atomic mass is 32.2. The molecule has 0 spiro atoms. The number of hydrogen-bond donors (Lipinski definition) is 0. The van der Waals surface area contributed by atoms with Crippen LogP contribution in [0.4, 0.5) is 13.2 Å². The first-order valence-corrected chi connectivity index (χ1v) is 5.80. The largest absolute Gasteiger partial charge is 0.534 e. The Hall–Kier alpha value is -0.720. The second kappa shape index (κ2) is 5.39. The Bertz CT molecular complexity index is 306. The molecule has 15 heavy (non-hydrogen) atoms. The summed E-state index contributed by atoms with van der Waals surface area (Å²) >= 11 is 0. The maximum atomic E-state index is 11.8. The molecule has 90 valence electrons. The fraction of sp³-hybridized carbons (Fsp3) is 0.750. The number of alkyl halides is 3. The molecule has 3 nitrogen and oxygen atoms in total. The monoisotopic (exact) mass is 246 g/mol. The van der Waals surface area contributed by atoms with Crippen molar-refractivity contribution in [2.24, 2.45) is 0 Å². The molecule has 0 heterocycles. The van der Waals surface area contributed by atoms with Crippen molar-refractivity contribution in [2.75, 3.05) is 0 Å². The van der Waals surface area contributed by atoms with E-state index in [1.165, 1.54) is 0 Å². The van der Waals surface area contributed by atoms with Gasteiger partial charge in [-0.15, -0.1) is 0 Å². The molecule has 0 bridgehead atoms. The molecule has 0 fully saturated rings. The first-order chi connectivity index (χ1) is 6.70. The lowest BCUT2D eigenvalue weighted by molar-refractivity contribution is -0.0523. The van der Waals surface area contributed by atoms with Gasteiger partial charge in [-0.25, -0.2) is 0 Å². The second-order valence-electron chi connectivity index (χ2n) is 2.98. The van der Waals surface area contributed by atoms with Gasteiger partial charge in [-0.2, -0.15) is 21.6 Å². The smallest absolute Gasteiger partial charge is 0.381 e. The predicted molar refractivity (Wildman–Crippen MR) is 49.3 cm³/mol. The average molecular weight is 246 g/mol. The van der Waals surface area contributed by atoms with Crippen molar-refractivity contribution in [2.45, 2.75) is 38.1 Å². The quantitative estimate of drug-likeness (QED) is 0.313. The Morgan fingerprint density at radius 1 is 1.33 bits per heavy atom. The maximum Gasteiger partial charge on any atom is 0.534 e. The van der Waals surface area contributed by atoms with Gasteiger partial charge < -0.3 is 4.18 Å². The van der Waals surface area contributed by atoms with Crippen LogP contribution >= 0.6 is 0 Å². The predicted octanol–water partition coefficient (Wildman–Crippen LogP) is 2.95. The summed E-state index contributed by atoms with van der Waals surface area (Å²) in [5.41, 5.74) is -5.39. The molecule has 0 unspecified atom stereocenters. The Morgan fingerprint density at radius 2 is 1.87 bits per heavy atom. The molecule has 0 N–H and O–H groups in total. The molecule has 0 radical (unpaired) electrons. The zero-order chi connectivity index (χ0) is 12.1. The van der Waals surface area contributed by atoms with Gasteiger partial charge >= 0.3 is 15.6 Å². The molecule has 0 saturated heterocycles. The number of halogens is 3. The van der Waals surface area contributed by atoms with Crippen LogP contribution in [-0.4, -0.2) is 13.9 Å². The van der Waals surface area contributed by atoms with Crippen molar-refractivity contribution in [1.82, 2.24) is 0 Å². The third-order valence-electron chi connectivity index (χ3n) is 1.57. The van der Waals surface area contributed by atoms with Gasteiger partial charge in [0.05, 0.1) is 0 Å². The van der Waals surface area contributed by atoms with E-state index in [-0.39, 0.29) is 12.2 Å². The maximum absolute atomic E-state index is 11.8. The fourth-order valence-electron chi connectivity index (χ4n) is 0.816. The number of allylic oxidation sites excluding steroid dienone is 1. The summed E-state index contributed by atoms with van der Waals surface area (Å²) in [5.74, 6) is -0.374. The van der Waals surface area contributed by atoms with Crippen LogP contribution in [0.1, 0.15) is 32.6 Å². The van der Waals surface area contributed by atoms with Crippen LogP contribution in [0.3, 0.4) is 0 Å². The fourth-order valence-corrected chi connectivity index (χ4v) is 1.30. The molecule has 0 aliphatic carbocycles. The summed E-state index contributed by atoms with van der Waals surface area (Å²) in [6, 6.07) is 0. The Kier molecular flexibility index (Phi) is 5.13. The highest BCUT2D eigenvalue weighted by Crippen LogP contribution is 2.27. The lowest BCUT2D eigenvalue weighted by atomic mass is 10.2. The molecule has 0 aromatic heterocycles. The van der Waals surface area contributed by atoms with E-state index < -0.39 is 15.6 Å². The zero-order valence-corrected chi connectivity index (χ0v) is 9.12. The van der Waals surface area contributed by atoms with E-state index in [1.807, 2.05) is 6.92 Å². The van der Waals surface area contributed by atoms with Gasteiger partial charge in [-0.1, -0.05) is 26.3 Å². The summed E-state index contributed by atoms with van der Waals surface area (Å²) in [6.07, 6.45) is 2.33. The summed E-state index contributed by atoms with van der Waals surface area (Å²) in [6.45, 7) is 5.04. The number of unbranched alkanes of at least 4 members (excludes halogenated alkanes) is 2. The zero-order valence-electron chi connectivity index (χ0n) is 8.30. The molecule has 0 aromatic carbocycles. The van der Waals surface area contributed by atoms with Crippen LogP contribution in [0.15, 0.2) is 12.3 Å². The third kappa shape index (κ3) is 5.06. The van der Waals surface area contributed by atoms with Crippen molar-refractivity contribution >= 4 is 10.1 Å². The topological polar surface area (TPSA) is 43.4 Å². The minimum atomic E-state index is -5.53. The first kappa shape index (κ1) is 14.3. The minimum absolute atomic E-state index is 0.114. The first-order valence-electron chi connectivity index (χ1n) is 4.39.